The third kappa shape index (κ3) is 1.98. The first-order valence-electron chi connectivity index (χ1n) is 6.03. The van der Waals surface area contributed by atoms with Crippen molar-refractivity contribution in [1.29, 1.82) is 0 Å². The van der Waals surface area contributed by atoms with Gasteiger partial charge in [0.2, 0.25) is 5.91 Å². The Bertz CT molecular complexity index is 358. The Balaban J connectivity index is 2.22. The summed E-state index contributed by atoms with van der Waals surface area (Å²) in [5.41, 5.74) is 5.36. The Morgan fingerprint density at radius 2 is 2.12 bits per heavy atom. The van der Waals surface area contributed by atoms with Crippen LogP contribution in [-0.2, 0) is 14.3 Å². The van der Waals surface area contributed by atoms with Crippen LogP contribution in [0.2, 0.25) is 0 Å². The van der Waals surface area contributed by atoms with Gasteiger partial charge in [0.25, 0.3) is 0 Å². The lowest BCUT2D eigenvalue weighted by Gasteiger charge is -2.28. The van der Waals surface area contributed by atoms with E-state index in [1.807, 2.05) is 6.92 Å². The predicted molar refractivity (Wildman–Crippen MR) is 62.3 cm³/mol. The van der Waals surface area contributed by atoms with Gasteiger partial charge in [-0.3, -0.25) is 9.59 Å². The Morgan fingerprint density at radius 1 is 1.47 bits per heavy atom. The molecule has 5 nitrogen and oxygen atoms in total. The normalized spacial score (nSPS) is 40.5. The van der Waals surface area contributed by atoms with Crippen molar-refractivity contribution in [2.45, 2.75) is 44.9 Å². The molecule has 0 bridgehead atoms. The number of likely N-dealkylation sites (tertiary alicyclic amines) is 1. The zero-order valence-corrected chi connectivity index (χ0v) is 10.6. The van der Waals surface area contributed by atoms with Crippen molar-refractivity contribution in [1.82, 2.24) is 4.90 Å². The van der Waals surface area contributed by atoms with Gasteiger partial charge in [-0.2, -0.15) is 0 Å². The van der Waals surface area contributed by atoms with Gasteiger partial charge in [0, 0.05) is 25.9 Å². The van der Waals surface area contributed by atoms with E-state index in [1.165, 1.54) is 6.92 Å². The smallest absolute Gasteiger partial charge is 0.220 e. The molecular formula is C12H20N2O3. The number of rotatable bonds is 2. The molecule has 2 rings (SSSR count). The molecule has 96 valence electrons. The Hall–Kier alpha value is -0.940. The molecule has 1 amide bonds. The van der Waals surface area contributed by atoms with Crippen molar-refractivity contribution in [3.63, 3.8) is 0 Å². The number of fused-ring (bicyclic) bond motifs is 1. The molecule has 2 fully saturated rings. The maximum Gasteiger partial charge on any atom is 0.220 e. The fraction of sp³-hybridized carbons (Fsp3) is 0.833. The minimum Gasteiger partial charge on any atom is -0.368 e. The van der Waals surface area contributed by atoms with Crippen molar-refractivity contribution in [3.8, 4) is 0 Å². The molecule has 0 aromatic rings. The van der Waals surface area contributed by atoms with Crippen molar-refractivity contribution in [2.75, 3.05) is 13.1 Å². The summed E-state index contributed by atoms with van der Waals surface area (Å²) in [5.74, 6) is 0.0835. The minimum atomic E-state index is -0.341. The van der Waals surface area contributed by atoms with E-state index in [4.69, 9.17) is 10.5 Å². The molecule has 5 heteroatoms. The summed E-state index contributed by atoms with van der Waals surface area (Å²) < 4.78 is 5.91. The standard InChI is InChI=1S/C12H20N2O3/c1-7(15)11-9-4-12(3,6-13)17-10(9)5-14(11)8(2)16/h9-11H,4-6,13H2,1-3H3/t9?,10?,11-,12?/m1/s1. The molecule has 2 heterocycles. The van der Waals surface area contributed by atoms with Gasteiger partial charge >= 0.3 is 0 Å². The summed E-state index contributed by atoms with van der Waals surface area (Å²) in [6.45, 7) is 5.98. The molecule has 0 aromatic heterocycles. The maximum absolute atomic E-state index is 11.7. The molecule has 3 unspecified atom stereocenters. The molecule has 4 atom stereocenters. The molecule has 2 aliphatic rings. The molecule has 17 heavy (non-hydrogen) atoms. The lowest BCUT2D eigenvalue weighted by molar-refractivity contribution is -0.136. The summed E-state index contributed by atoms with van der Waals surface area (Å²) in [7, 11) is 0. The molecule has 2 aliphatic heterocycles. The average molecular weight is 240 g/mol. The third-order valence-electron chi connectivity index (χ3n) is 3.95. The van der Waals surface area contributed by atoms with Crippen molar-refractivity contribution < 1.29 is 14.3 Å². The van der Waals surface area contributed by atoms with Crippen LogP contribution >= 0.6 is 0 Å². The van der Waals surface area contributed by atoms with Crippen LogP contribution in [0.25, 0.3) is 0 Å². The maximum atomic E-state index is 11.7. The highest BCUT2D eigenvalue weighted by molar-refractivity contribution is 5.88. The van der Waals surface area contributed by atoms with E-state index < -0.39 is 0 Å². The number of nitrogens with two attached hydrogens (primary N) is 1. The van der Waals surface area contributed by atoms with Gasteiger partial charge < -0.3 is 15.4 Å². The summed E-state index contributed by atoms with van der Waals surface area (Å²) in [6.07, 6.45) is 0.712. The number of nitrogens with zero attached hydrogens (tertiary/aromatic N) is 1. The molecular weight excluding hydrogens is 220 g/mol. The van der Waals surface area contributed by atoms with Gasteiger partial charge in [-0.1, -0.05) is 0 Å². The first-order chi connectivity index (χ1) is 7.88. The average Bonchev–Trinajstić information content (AvgIpc) is 2.70. The summed E-state index contributed by atoms with van der Waals surface area (Å²) in [5, 5.41) is 0. The van der Waals surface area contributed by atoms with E-state index in [0.29, 0.717) is 13.1 Å². The van der Waals surface area contributed by atoms with Crippen LogP contribution in [0.1, 0.15) is 27.2 Å². The number of amides is 1. The number of ketones is 1. The zero-order valence-electron chi connectivity index (χ0n) is 10.6. The highest BCUT2D eigenvalue weighted by Gasteiger charge is 2.54. The minimum absolute atomic E-state index is 0.0394. The zero-order chi connectivity index (χ0) is 12.8. The summed E-state index contributed by atoms with van der Waals surface area (Å²) in [4.78, 5) is 24.9. The monoisotopic (exact) mass is 240 g/mol. The van der Waals surface area contributed by atoms with E-state index in [-0.39, 0.29) is 35.4 Å². The van der Waals surface area contributed by atoms with Crippen molar-refractivity contribution in [2.24, 2.45) is 11.7 Å². The van der Waals surface area contributed by atoms with Crippen LogP contribution in [0.4, 0.5) is 0 Å². The van der Waals surface area contributed by atoms with Crippen molar-refractivity contribution in [3.05, 3.63) is 0 Å². The lowest BCUT2D eigenvalue weighted by atomic mass is 9.88. The number of carbonyl (C=O) groups excluding carboxylic acids is 2. The van der Waals surface area contributed by atoms with E-state index in [1.54, 1.807) is 11.8 Å². The quantitative estimate of drug-likeness (QED) is 0.733. The SMILES string of the molecule is CC(=O)[C@@H]1C2CC(C)(CN)OC2CN1C(C)=O. The predicted octanol–water partition coefficient (Wildman–Crippen LogP) is -0.0714. The van der Waals surface area contributed by atoms with Gasteiger partial charge in [-0.25, -0.2) is 0 Å². The number of hydrogen-bond acceptors (Lipinski definition) is 4. The topological polar surface area (TPSA) is 72.6 Å². The highest BCUT2D eigenvalue weighted by atomic mass is 16.5. The van der Waals surface area contributed by atoms with E-state index in [9.17, 15) is 9.59 Å². The third-order valence-corrected chi connectivity index (χ3v) is 3.95. The van der Waals surface area contributed by atoms with Gasteiger partial charge in [-0.05, 0) is 20.3 Å². The van der Waals surface area contributed by atoms with Crippen LogP contribution in [0.15, 0.2) is 0 Å². The highest BCUT2D eigenvalue weighted by Crippen LogP contribution is 2.42. The molecule has 0 spiro atoms. The molecule has 0 aromatic carbocycles. The molecule has 2 saturated heterocycles. The fourth-order valence-corrected chi connectivity index (χ4v) is 3.13. The first kappa shape index (κ1) is 12.5. The van der Waals surface area contributed by atoms with Crippen LogP contribution in [0, 0.1) is 5.92 Å². The number of carbonyl (C=O) groups is 2. The van der Waals surface area contributed by atoms with E-state index >= 15 is 0 Å². The Morgan fingerprint density at radius 3 is 2.59 bits per heavy atom. The van der Waals surface area contributed by atoms with Gasteiger partial charge in [0.05, 0.1) is 17.7 Å². The number of Topliss-reactive ketones (excluding diaryl/α,β-unsaturated/α-hetero) is 1. The van der Waals surface area contributed by atoms with Gasteiger partial charge in [0.1, 0.15) is 0 Å². The largest absolute Gasteiger partial charge is 0.368 e. The van der Waals surface area contributed by atoms with E-state index in [2.05, 4.69) is 0 Å². The molecule has 2 N–H and O–H groups in total. The lowest BCUT2D eigenvalue weighted by Crippen LogP contribution is -2.44. The van der Waals surface area contributed by atoms with Crippen LogP contribution < -0.4 is 5.73 Å². The van der Waals surface area contributed by atoms with Crippen molar-refractivity contribution >= 4 is 11.7 Å². The van der Waals surface area contributed by atoms with Crippen LogP contribution in [0.5, 0.6) is 0 Å². The number of hydrogen-bond donors (Lipinski definition) is 1. The second kappa shape index (κ2) is 4.07. The van der Waals surface area contributed by atoms with Crippen LogP contribution in [0.3, 0.4) is 0 Å². The second-order valence-corrected chi connectivity index (χ2v) is 5.41. The van der Waals surface area contributed by atoms with E-state index in [0.717, 1.165) is 6.42 Å². The van der Waals surface area contributed by atoms with Gasteiger partial charge in [-0.15, -0.1) is 0 Å². The Labute approximate surface area is 101 Å². The number of ether oxygens (including phenoxy) is 1. The van der Waals surface area contributed by atoms with Gasteiger partial charge in [0.15, 0.2) is 5.78 Å². The summed E-state index contributed by atoms with van der Waals surface area (Å²) >= 11 is 0. The first-order valence-corrected chi connectivity index (χ1v) is 6.03. The molecule has 0 aliphatic carbocycles. The van der Waals surface area contributed by atoms with Crippen LogP contribution in [-0.4, -0.2) is 47.4 Å². The molecule has 0 saturated carbocycles. The summed E-state index contributed by atoms with van der Waals surface area (Å²) in [6, 6.07) is -0.328. The second-order valence-electron chi connectivity index (χ2n) is 5.41. The Kier molecular flexibility index (Phi) is 2.99. The molecule has 0 radical (unpaired) electrons. The fourth-order valence-electron chi connectivity index (χ4n) is 3.13.